The molecule has 0 spiro atoms. The van der Waals surface area contributed by atoms with Crippen molar-refractivity contribution in [2.24, 2.45) is 10.9 Å². The second-order valence-corrected chi connectivity index (χ2v) is 8.77. The lowest BCUT2D eigenvalue weighted by Crippen LogP contribution is -2.44. The minimum Gasteiger partial charge on any atom is -0.444 e. The van der Waals surface area contributed by atoms with Gasteiger partial charge in [-0.25, -0.2) is 4.98 Å². The number of oxazole rings is 1. The van der Waals surface area contributed by atoms with Crippen LogP contribution in [0.25, 0.3) is 0 Å². The van der Waals surface area contributed by atoms with E-state index in [1.54, 1.807) is 0 Å². The third kappa shape index (κ3) is 7.91. The molecule has 0 atom stereocenters. The van der Waals surface area contributed by atoms with E-state index in [0.29, 0.717) is 12.5 Å². The summed E-state index contributed by atoms with van der Waals surface area (Å²) >= 11 is 0. The lowest BCUT2D eigenvalue weighted by Gasteiger charge is -2.31. The maximum absolute atomic E-state index is 10.8. The molecule has 0 aromatic carbocycles. The van der Waals surface area contributed by atoms with Crippen LogP contribution in [0.4, 0.5) is 0 Å². The van der Waals surface area contributed by atoms with E-state index in [1.165, 1.54) is 0 Å². The van der Waals surface area contributed by atoms with Gasteiger partial charge in [-0.1, -0.05) is 26.7 Å². The highest BCUT2D eigenvalue weighted by molar-refractivity contribution is 5.79. The van der Waals surface area contributed by atoms with Gasteiger partial charge in [-0.05, 0) is 65.5 Å². The Morgan fingerprint density at radius 2 is 1.83 bits per heavy atom. The number of piperidine rings is 1. The van der Waals surface area contributed by atoms with E-state index >= 15 is 0 Å². The molecular weight excluding hydrogens is 378 g/mol. The van der Waals surface area contributed by atoms with E-state index in [-0.39, 0.29) is 0 Å². The van der Waals surface area contributed by atoms with Crippen molar-refractivity contribution in [2.45, 2.75) is 85.3 Å². The van der Waals surface area contributed by atoms with Crippen molar-refractivity contribution in [1.82, 2.24) is 20.5 Å². The van der Waals surface area contributed by atoms with E-state index in [0.717, 1.165) is 94.6 Å². The van der Waals surface area contributed by atoms with Crippen LogP contribution in [0.3, 0.4) is 0 Å². The molecule has 0 radical (unpaired) electrons. The molecule has 7 nitrogen and oxygen atoms in total. The fourth-order valence-corrected chi connectivity index (χ4v) is 4.17. The van der Waals surface area contributed by atoms with Gasteiger partial charge < -0.3 is 20.2 Å². The molecule has 1 aromatic rings. The number of guanidine groups is 1. The number of aliphatic hydroxyl groups is 1. The number of hydrogen-bond donors (Lipinski definition) is 3. The zero-order valence-electron chi connectivity index (χ0n) is 19.8. The molecule has 172 valence electrons. The van der Waals surface area contributed by atoms with Gasteiger partial charge in [0.2, 0.25) is 5.89 Å². The van der Waals surface area contributed by atoms with Gasteiger partial charge in [0.25, 0.3) is 0 Å². The van der Waals surface area contributed by atoms with Gasteiger partial charge >= 0.3 is 0 Å². The average molecular weight is 422 g/mol. The second-order valence-electron chi connectivity index (χ2n) is 8.77. The number of aryl methyl sites for hydroxylation is 2. The molecule has 0 amide bonds. The lowest BCUT2D eigenvalue weighted by molar-refractivity contribution is 0.0306. The number of aromatic nitrogens is 1. The number of nitrogens with one attached hydrogen (secondary N) is 2. The quantitative estimate of drug-likeness (QED) is 0.375. The molecule has 1 aromatic heterocycles. The van der Waals surface area contributed by atoms with Crippen molar-refractivity contribution < 1.29 is 9.52 Å². The van der Waals surface area contributed by atoms with Crippen LogP contribution in [0.1, 0.15) is 76.6 Å². The Balaban J connectivity index is 1.79. The number of hydrogen-bond acceptors (Lipinski definition) is 5. The van der Waals surface area contributed by atoms with Gasteiger partial charge in [-0.3, -0.25) is 9.89 Å². The first-order valence-corrected chi connectivity index (χ1v) is 11.8. The molecule has 0 bridgehead atoms. The SMILES string of the molecule is CCCC(O)(CCC)CN=C(NCC)NCC1CCN(Cc2nc(C)c(C)o2)CC1. The fraction of sp³-hybridized carbons (Fsp3) is 0.826. The van der Waals surface area contributed by atoms with Crippen molar-refractivity contribution in [3.8, 4) is 0 Å². The van der Waals surface area contributed by atoms with Crippen LogP contribution in [0.2, 0.25) is 0 Å². The molecule has 2 rings (SSSR count). The maximum Gasteiger partial charge on any atom is 0.208 e. The number of rotatable bonds is 11. The molecule has 1 aliphatic rings. The minimum atomic E-state index is -0.687. The predicted octanol–water partition coefficient (Wildman–Crippen LogP) is 3.39. The molecule has 2 heterocycles. The predicted molar refractivity (Wildman–Crippen MR) is 123 cm³/mol. The molecule has 3 N–H and O–H groups in total. The lowest BCUT2D eigenvalue weighted by atomic mass is 9.93. The van der Waals surface area contributed by atoms with Gasteiger partial charge in [0.15, 0.2) is 5.96 Å². The van der Waals surface area contributed by atoms with Crippen molar-refractivity contribution in [3.63, 3.8) is 0 Å². The summed E-state index contributed by atoms with van der Waals surface area (Å²) in [5.41, 5.74) is 0.303. The number of aliphatic imine (C=N–C) groups is 1. The molecule has 1 aliphatic heterocycles. The summed E-state index contributed by atoms with van der Waals surface area (Å²) in [5.74, 6) is 3.19. The van der Waals surface area contributed by atoms with Crippen molar-refractivity contribution >= 4 is 5.96 Å². The topological polar surface area (TPSA) is 85.9 Å². The standard InChI is InChI=1S/C23H43N5O2/c1-6-11-23(29,12-7-2)17-26-22(24-8-3)25-15-20-9-13-28(14-10-20)16-21-27-18(4)19(5)30-21/h20,29H,6-17H2,1-5H3,(H2,24,25,26). The zero-order valence-corrected chi connectivity index (χ0v) is 19.8. The van der Waals surface area contributed by atoms with Gasteiger partial charge in [0.1, 0.15) is 5.76 Å². The highest BCUT2D eigenvalue weighted by Gasteiger charge is 2.25. The van der Waals surface area contributed by atoms with Crippen molar-refractivity contribution in [3.05, 3.63) is 17.3 Å². The Morgan fingerprint density at radius 1 is 1.17 bits per heavy atom. The summed E-state index contributed by atoms with van der Waals surface area (Å²) in [6.45, 7) is 15.4. The van der Waals surface area contributed by atoms with Crippen LogP contribution < -0.4 is 10.6 Å². The van der Waals surface area contributed by atoms with E-state index in [2.05, 4.69) is 41.3 Å². The summed E-state index contributed by atoms with van der Waals surface area (Å²) in [7, 11) is 0. The van der Waals surface area contributed by atoms with Crippen molar-refractivity contribution in [1.29, 1.82) is 0 Å². The number of likely N-dealkylation sites (tertiary alicyclic amines) is 1. The Bertz CT molecular complexity index is 625. The highest BCUT2D eigenvalue weighted by Crippen LogP contribution is 2.21. The Kier molecular flexibility index (Phi) is 10.1. The summed E-state index contributed by atoms with van der Waals surface area (Å²) < 4.78 is 5.73. The second kappa shape index (κ2) is 12.3. The minimum absolute atomic E-state index is 0.456. The molecule has 0 aliphatic carbocycles. The summed E-state index contributed by atoms with van der Waals surface area (Å²) in [6, 6.07) is 0. The Hall–Kier alpha value is -1.60. The average Bonchev–Trinajstić information content (AvgIpc) is 3.02. The van der Waals surface area contributed by atoms with Crippen LogP contribution in [-0.4, -0.2) is 59.3 Å². The van der Waals surface area contributed by atoms with Crippen molar-refractivity contribution in [2.75, 3.05) is 32.7 Å². The van der Waals surface area contributed by atoms with E-state index in [1.807, 2.05) is 13.8 Å². The third-order valence-corrected chi connectivity index (χ3v) is 6.00. The first-order valence-electron chi connectivity index (χ1n) is 11.8. The van der Waals surface area contributed by atoms with Gasteiger partial charge in [0, 0.05) is 13.1 Å². The van der Waals surface area contributed by atoms with E-state index in [9.17, 15) is 5.11 Å². The Morgan fingerprint density at radius 3 is 2.37 bits per heavy atom. The molecule has 1 fully saturated rings. The van der Waals surface area contributed by atoms with Gasteiger partial charge in [-0.2, -0.15) is 0 Å². The molecule has 1 saturated heterocycles. The van der Waals surface area contributed by atoms with E-state index < -0.39 is 5.60 Å². The first kappa shape index (κ1) is 24.7. The molecular formula is C23H43N5O2. The monoisotopic (exact) mass is 421 g/mol. The molecule has 0 saturated carbocycles. The van der Waals surface area contributed by atoms with Crippen LogP contribution in [0.5, 0.6) is 0 Å². The van der Waals surface area contributed by atoms with Crippen LogP contribution in [-0.2, 0) is 6.54 Å². The first-order chi connectivity index (χ1) is 14.4. The van der Waals surface area contributed by atoms with Gasteiger partial charge in [-0.15, -0.1) is 0 Å². The zero-order chi connectivity index (χ0) is 22.0. The van der Waals surface area contributed by atoms with E-state index in [4.69, 9.17) is 9.41 Å². The summed E-state index contributed by atoms with van der Waals surface area (Å²) in [4.78, 5) is 11.6. The fourth-order valence-electron chi connectivity index (χ4n) is 4.17. The largest absolute Gasteiger partial charge is 0.444 e. The van der Waals surface area contributed by atoms with Gasteiger partial charge in [0.05, 0.1) is 24.4 Å². The normalized spacial score (nSPS) is 16.8. The Labute approximate surface area is 182 Å². The van der Waals surface area contributed by atoms with Crippen LogP contribution in [0.15, 0.2) is 9.41 Å². The molecule has 7 heteroatoms. The van der Waals surface area contributed by atoms with Crippen LogP contribution in [0, 0.1) is 19.8 Å². The van der Waals surface area contributed by atoms with Crippen LogP contribution >= 0.6 is 0 Å². The highest BCUT2D eigenvalue weighted by atomic mass is 16.4. The number of nitrogens with zero attached hydrogens (tertiary/aromatic N) is 3. The summed E-state index contributed by atoms with van der Waals surface area (Å²) in [5, 5.41) is 17.7. The third-order valence-electron chi connectivity index (χ3n) is 6.00. The smallest absolute Gasteiger partial charge is 0.208 e. The summed E-state index contributed by atoms with van der Waals surface area (Å²) in [6.07, 6.45) is 5.85. The maximum atomic E-state index is 10.8. The molecule has 0 unspecified atom stereocenters. The molecule has 30 heavy (non-hydrogen) atoms.